The van der Waals surface area contributed by atoms with Crippen molar-refractivity contribution in [3.8, 4) is 11.8 Å². The molecule has 0 bridgehead atoms. The molecule has 0 aliphatic carbocycles. The molecule has 0 saturated carbocycles. The maximum absolute atomic E-state index is 13.2. The Hall–Kier alpha value is -3.14. The minimum absolute atomic E-state index is 0.0716. The lowest BCUT2D eigenvalue weighted by molar-refractivity contribution is 0.0628. The molecular formula is C23H22ClN5O. The summed E-state index contributed by atoms with van der Waals surface area (Å²) in [6.07, 6.45) is 0. The molecule has 6 nitrogen and oxygen atoms in total. The van der Waals surface area contributed by atoms with Gasteiger partial charge in [-0.3, -0.25) is 9.69 Å². The number of hydrogen-bond donors (Lipinski definition) is 0. The van der Waals surface area contributed by atoms with Crippen LogP contribution in [0.15, 0.2) is 54.6 Å². The summed E-state index contributed by atoms with van der Waals surface area (Å²) in [5.41, 5.74) is 3.76. The van der Waals surface area contributed by atoms with Crippen LogP contribution in [0.4, 0.5) is 0 Å². The SMILES string of the molecule is Cc1nn(-c2ccccc2)c(Cl)c1C(=O)N1CCN(Cc2ccc(C#N)cc2)CC1. The molecule has 1 fully saturated rings. The Balaban J connectivity index is 1.42. The number of carbonyl (C=O) groups is 1. The smallest absolute Gasteiger partial charge is 0.258 e. The van der Waals surface area contributed by atoms with E-state index < -0.39 is 0 Å². The Kier molecular flexibility index (Phi) is 5.84. The van der Waals surface area contributed by atoms with Gasteiger partial charge in [0.2, 0.25) is 0 Å². The number of nitrogens with zero attached hydrogens (tertiary/aromatic N) is 5. The summed E-state index contributed by atoms with van der Waals surface area (Å²) < 4.78 is 1.62. The van der Waals surface area contributed by atoms with Crippen LogP contribution in [-0.4, -0.2) is 51.7 Å². The molecule has 152 valence electrons. The molecule has 2 aromatic carbocycles. The Morgan fingerprint density at radius 1 is 1.07 bits per heavy atom. The van der Waals surface area contributed by atoms with E-state index in [1.807, 2.05) is 66.4 Å². The molecule has 0 spiro atoms. The standard InChI is InChI=1S/C23H22ClN5O/c1-17-21(22(24)29(26-17)20-5-3-2-4-6-20)23(30)28-13-11-27(12-14-28)16-19-9-7-18(15-25)8-10-19/h2-10H,11-14,16H2,1H3. The second kappa shape index (κ2) is 8.70. The third-order valence-corrected chi connectivity index (χ3v) is 5.72. The Morgan fingerprint density at radius 2 is 1.73 bits per heavy atom. The molecule has 1 aliphatic heterocycles. The number of benzene rings is 2. The van der Waals surface area contributed by atoms with Gasteiger partial charge in [-0.15, -0.1) is 0 Å². The summed E-state index contributed by atoms with van der Waals surface area (Å²) in [5.74, 6) is -0.0716. The lowest BCUT2D eigenvalue weighted by Gasteiger charge is -2.34. The number of amides is 1. The van der Waals surface area contributed by atoms with Crippen molar-refractivity contribution >= 4 is 17.5 Å². The van der Waals surface area contributed by atoms with Crippen molar-refractivity contribution in [3.63, 3.8) is 0 Å². The number of para-hydroxylation sites is 1. The first kappa shape index (κ1) is 20.1. The van der Waals surface area contributed by atoms with Crippen LogP contribution in [-0.2, 0) is 6.54 Å². The van der Waals surface area contributed by atoms with Crippen LogP contribution in [0.3, 0.4) is 0 Å². The molecular weight excluding hydrogens is 398 g/mol. The van der Waals surface area contributed by atoms with Gasteiger partial charge in [-0.05, 0) is 36.8 Å². The molecule has 0 radical (unpaired) electrons. The van der Waals surface area contributed by atoms with Crippen molar-refractivity contribution in [2.75, 3.05) is 26.2 Å². The first-order chi connectivity index (χ1) is 14.6. The van der Waals surface area contributed by atoms with Crippen molar-refractivity contribution in [2.45, 2.75) is 13.5 Å². The molecule has 1 saturated heterocycles. The summed E-state index contributed by atoms with van der Waals surface area (Å²) in [7, 11) is 0. The van der Waals surface area contributed by atoms with E-state index >= 15 is 0 Å². The Labute approximate surface area is 180 Å². The number of nitriles is 1. The maximum atomic E-state index is 13.2. The van der Waals surface area contributed by atoms with Gasteiger partial charge in [-0.25, -0.2) is 4.68 Å². The van der Waals surface area contributed by atoms with E-state index in [0.717, 1.165) is 30.9 Å². The number of piperazine rings is 1. The Morgan fingerprint density at radius 3 is 2.37 bits per heavy atom. The van der Waals surface area contributed by atoms with Crippen molar-refractivity contribution in [3.05, 3.63) is 82.1 Å². The molecule has 1 aliphatic rings. The molecule has 4 rings (SSSR count). The molecule has 0 N–H and O–H groups in total. The van der Waals surface area contributed by atoms with Crippen LogP contribution in [0, 0.1) is 18.3 Å². The highest BCUT2D eigenvalue weighted by Crippen LogP contribution is 2.25. The summed E-state index contributed by atoms with van der Waals surface area (Å²) >= 11 is 6.56. The zero-order valence-corrected chi connectivity index (χ0v) is 17.5. The molecule has 1 amide bonds. The predicted octanol–water partition coefficient (Wildman–Crippen LogP) is 3.66. The number of rotatable bonds is 4. The van der Waals surface area contributed by atoms with Gasteiger partial charge in [-0.2, -0.15) is 10.4 Å². The van der Waals surface area contributed by atoms with Crippen molar-refractivity contribution in [1.29, 1.82) is 5.26 Å². The predicted molar refractivity (Wildman–Crippen MR) is 116 cm³/mol. The quantitative estimate of drug-likeness (QED) is 0.647. The molecule has 30 heavy (non-hydrogen) atoms. The van der Waals surface area contributed by atoms with Gasteiger partial charge in [0.15, 0.2) is 0 Å². The first-order valence-electron chi connectivity index (χ1n) is 9.88. The fraction of sp³-hybridized carbons (Fsp3) is 0.261. The molecule has 7 heteroatoms. The molecule has 0 atom stereocenters. The van der Waals surface area contributed by atoms with Gasteiger partial charge in [0.05, 0.1) is 28.6 Å². The van der Waals surface area contributed by atoms with Crippen LogP contribution in [0.1, 0.15) is 27.2 Å². The average Bonchev–Trinajstić information content (AvgIpc) is 3.09. The van der Waals surface area contributed by atoms with E-state index in [-0.39, 0.29) is 5.91 Å². The fourth-order valence-electron chi connectivity index (χ4n) is 3.69. The van der Waals surface area contributed by atoms with E-state index in [1.165, 1.54) is 0 Å². The van der Waals surface area contributed by atoms with Gasteiger partial charge < -0.3 is 4.90 Å². The van der Waals surface area contributed by atoms with E-state index in [4.69, 9.17) is 16.9 Å². The third kappa shape index (κ3) is 4.09. The molecule has 1 aromatic heterocycles. The second-order valence-electron chi connectivity index (χ2n) is 7.38. The lowest BCUT2D eigenvalue weighted by atomic mass is 10.1. The Bertz CT molecular complexity index is 1080. The summed E-state index contributed by atoms with van der Waals surface area (Å²) in [6.45, 7) is 5.48. The van der Waals surface area contributed by atoms with E-state index in [0.29, 0.717) is 35.1 Å². The van der Waals surface area contributed by atoms with Crippen molar-refractivity contribution in [1.82, 2.24) is 19.6 Å². The second-order valence-corrected chi connectivity index (χ2v) is 7.73. The van der Waals surface area contributed by atoms with Crippen molar-refractivity contribution in [2.24, 2.45) is 0 Å². The average molecular weight is 420 g/mol. The zero-order chi connectivity index (χ0) is 21.1. The fourth-order valence-corrected chi connectivity index (χ4v) is 4.05. The van der Waals surface area contributed by atoms with Gasteiger partial charge in [0.25, 0.3) is 5.91 Å². The highest BCUT2D eigenvalue weighted by Gasteiger charge is 2.28. The number of aryl methyl sites for hydroxylation is 1. The van der Waals surface area contributed by atoms with E-state index in [2.05, 4.69) is 16.1 Å². The lowest BCUT2D eigenvalue weighted by Crippen LogP contribution is -2.48. The summed E-state index contributed by atoms with van der Waals surface area (Å²) in [4.78, 5) is 17.3. The summed E-state index contributed by atoms with van der Waals surface area (Å²) in [5, 5.41) is 13.8. The molecule has 2 heterocycles. The first-order valence-corrected chi connectivity index (χ1v) is 10.3. The minimum atomic E-state index is -0.0716. The monoisotopic (exact) mass is 419 g/mol. The third-order valence-electron chi connectivity index (χ3n) is 5.37. The van der Waals surface area contributed by atoms with Crippen LogP contribution < -0.4 is 0 Å². The van der Waals surface area contributed by atoms with Crippen LogP contribution >= 0.6 is 11.6 Å². The number of hydrogen-bond acceptors (Lipinski definition) is 4. The van der Waals surface area contributed by atoms with Crippen LogP contribution in [0.5, 0.6) is 0 Å². The normalized spacial score (nSPS) is 14.5. The van der Waals surface area contributed by atoms with Gasteiger partial charge >= 0.3 is 0 Å². The number of halogens is 1. The molecule has 3 aromatic rings. The van der Waals surface area contributed by atoms with Crippen LogP contribution in [0.2, 0.25) is 5.15 Å². The number of aromatic nitrogens is 2. The van der Waals surface area contributed by atoms with Gasteiger partial charge in [0.1, 0.15) is 5.15 Å². The van der Waals surface area contributed by atoms with E-state index in [1.54, 1.807) is 4.68 Å². The van der Waals surface area contributed by atoms with Gasteiger partial charge in [0, 0.05) is 32.7 Å². The topological polar surface area (TPSA) is 65.2 Å². The van der Waals surface area contributed by atoms with Crippen molar-refractivity contribution < 1.29 is 4.79 Å². The largest absolute Gasteiger partial charge is 0.336 e. The maximum Gasteiger partial charge on any atom is 0.258 e. The highest BCUT2D eigenvalue weighted by molar-refractivity contribution is 6.33. The minimum Gasteiger partial charge on any atom is -0.336 e. The zero-order valence-electron chi connectivity index (χ0n) is 16.8. The highest BCUT2D eigenvalue weighted by atomic mass is 35.5. The van der Waals surface area contributed by atoms with Crippen LogP contribution in [0.25, 0.3) is 5.69 Å². The van der Waals surface area contributed by atoms with Gasteiger partial charge in [-0.1, -0.05) is 41.9 Å². The van der Waals surface area contributed by atoms with E-state index in [9.17, 15) is 4.79 Å². The number of carbonyl (C=O) groups excluding carboxylic acids is 1. The molecule has 0 unspecified atom stereocenters. The summed E-state index contributed by atoms with van der Waals surface area (Å²) in [6, 6.07) is 19.4.